The Labute approximate surface area is 102 Å². The highest BCUT2D eigenvalue weighted by Gasteiger charge is 2.08. The molecule has 0 radical (unpaired) electrons. The van der Waals surface area contributed by atoms with Gasteiger partial charge in [-0.25, -0.2) is 4.98 Å². The summed E-state index contributed by atoms with van der Waals surface area (Å²) < 4.78 is 7.95. The van der Waals surface area contributed by atoms with E-state index >= 15 is 0 Å². The van der Waals surface area contributed by atoms with Gasteiger partial charge in [0, 0.05) is 16.7 Å². The summed E-state index contributed by atoms with van der Waals surface area (Å²) in [6.07, 6.45) is 1.88. The maximum atomic E-state index is 5.82. The highest BCUT2D eigenvalue weighted by molar-refractivity contribution is 9.10. The molecule has 0 aliphatic rings. The predicted molar refractivity (Wildman–Crippen MR) is 67.0 cm³/mol. The molecule has 2 rings (SSSR count). The fourth-order valence-electron chi connectivity index (χ4n) is 1.51. The lowest BCUT2D eigenvalue weighted by Gasteiger charge is -2.09. The molecule has 16 heavy (non-hydrogen) atoms. The summed E-state index contributed by atoms with van der Waals surface area (Å²) in [4.78, 5) is 4.16. The van der Waals surface area contributed by atoms with Crippen molar-refractivity contribution < 1.29 is 4.74 Å². The van der Waals surface area contributed by atoms with Gasteiger partial charge in [0.2, 0.25) is 5.95 Å². The van der Waals surface area contributed by atoms with Crippen LogP contribution in [0, 0.1) is 6.92 Å². The maximum absolute atomic E-state index is 5.82. The number of aryl methyl sites for hydroxylation is 1. The molecule has 0 bridgehead atoms. The van der Waals surface area contributed by atoms with Gasteiger partial charge in [-0.3, -0.25) is 4.57 Å². The van der Waals surface area contributed by atoms with Crippen LogP contribution in [0.4, 0.5) is 5.95 Å². The summed E-state index contributed by atoms with van der Waals surface area (Å²) in [6.45, 7) is 1.90. The Kier molecular flexibility index (Phi) is 2.87. The first-order valence-electron chi connectivity index (χ1n) is 4.77. The van der Waals surface area contributed by atoms with Crippen molar-refractivity contribution in [1.29, 1.82) is 0 Å². The predicted octanol–water partition coefficient (Wildman–Crippen LogP) is 2.53. The van der Waals surface area contributed by atoms with Gasteiger partial charge < -0.3 is 10.5 Å². The van der Waals surface area contributed by atoms with Crippen molar-refractivity contribution >= 4 is 21.9 Å². The van der Waals surface area contributed by atoms with Crippen LogP contribution in [0.3, 0.4) is 0 Å². The van der Waals surface area contributed by atoms with Crippen LogP contribution < -0.4 is 10.5 Å². The molecule has 0 amide bonds. The van der Waals surface area contributed by atoms with Crippen LogP contribution in [-0.2, 0) is 0 Å². The van der Waals surface area contributed by atoms with Gasteiger partial charge in [-0.1, -0.05) is 0 Å². The molecular weight excluding hydrogens is 270 g/mol. The lowest BCUT2D eigenvalue weighted by Crippen LogP contribution is -2.00. The molecule has 2 N–H and O–H groups in total. The molecule has 0 saturated heterocycles. The first kappa shape index (κ1) is 11.0. The van der Waals surface area contributed by atoms with Gasteiger partial charge in [-0.05, 0) is 35.0 Å². The molecule has 1 heterocycles. The molecule has 84 valence electrons. The summed E-state index contributed by atoms with van der Waals surface area (Å²) in [5.41, 5.74) is 7.62. The number of nitrogen functional groups attached to an aromatic ring is 1. The summed E-state index contributed by atoms with van der Waals surface area (Å²) in [6, 6.07) is 5.71. The molecule has 1 aromatic heterocycles. The Balaban J connectivity index is 2.58. The monoisotopic (exact) mass is 281 g/mol. The lowest BCUT2D eigenvalue weighted by atomic mass is 10.3. The number of benzene rings is 1. The van der Waals surface area contributed by atoms with E-state index in [0.29, 0.717) is 5.95 Å². The molecule has 0 unspecified atom stereocenters. The van der Waals surface area contributed by atoms with Gasteiger partial charge in [0.05, 0.1) is 18.5 Å². The zero-order valence-corrected chi connectivity index (χ0v) is 10.7. The largest absolute Gasteiger partial charge is 0.497 e. The van der Waals surface area contributed by atoms with Crippen molar-refractivity contribution in [2.75, 3.05) is 12.8 Å². The molecule has 0 aliphatic heterocycles. The summed E-state index contributed by atoms with van der Waals surface area (Å²) in [5.74, 6) is 1.25. The van der Waals surface area contributed by atoms with Crippen LogP contribution in [0.2, 0.25) is 0 Å². The Morgan fingerprint density at radius 1 is 1.44 bits per heavy atom. The van der Waals surface area contributed by atoms with E-state index in [1.807, 2.05) is 35.9 Å². The Morgan fingerprint density at radius 3 is 2.75 bits per heavy atom. The summed E-state index contributed by atoms with van der Waals surface area (Å²) >= 11 is 3.48. The minimum Gasteiger partial charge on any atom is -0.497 e. The first-order chi connectivity index (χ1) is 7.61. The number of hydrogen-bond acceptors (Lipinski definition) is 3. The van der Waals surface area contributed by atoms with E-state index in [1.165, 1.54) is 0 Å². The SMILES string of the molecule is COc1ccc(Br)c(-n2cc(C)nc2N)c1. The molecular formula is C11H12BrN3O. The van der Waals surface area contributed by atoms with Gasteiger partial charge in [0.25, 0.3) is 0 Å². The molecule has 4 nitrogen and oxygen atoms in total. The fourth-order valence-corrected chi connectivity index (χ4v) is 1.95. The van der Waals surface area contributed by atoms with Crippen molar-refractivity contribution in [3.05, 3.63) is 34.6 Å². The molecule has 0 fully saturated rings. The number of methoxy groups -OCH3 is 1. The topological polar surface area (TPSA) is 53.1 Å². The number of nitrogens with zero attached hydrogens (tertiary/aromatic N) is 2. The zero-order chi connectivity index (χ0) is 11.7. The second-order valence-corrected chi connectivity index (χ2v) is 4.28. The normalized spacial score (nSPS) is 10.4. The van der Waals surface area contributed by atoms with E-state index in [4.69, 9.17) is 10.5 Å². The van der Waals surface area contributed by atoms with E-state index in [2.05, 4.69) is 20.9 Å². The number of halogens is 1. The van der Waals surface area contributed by atoms with Crippen LogP contribution in [0.1, 0.15) is 5.69 Å². The minimum absolute atomic E-state index is 0.464. The number of rotatable bonds is 2. The quantitative estimate of drug-likeness (QED) is 0.920. The van der Waals surface area contributed by atoms with Crippen molar-refractivity contribution in [3.8, 4) is 11.4 Å². The third-order valence-electron chi connectivity index (χ3n) is 2.27. The van der Waals surface area contributed by atoms with Crippen LogP contribution >= 0.6 is 15.9 Å². The average molecular weight is 282 g/mol. The standard InChI is InChI=1S/C11H12BrN3O/c1-7-6-15(11(13)14-7)10-5-8(16-2)3-4-9(10)12/h3-6H,1-2H3,(H2,13,14). The van der Waals surface area contributed by atoms with E-state index in [9.17, 15) is 0 Å². The van der Waals surface area contributed by atoms with E-state index < -0.39 is 0 Å². The van der Waals surface area contributed by atoms with Crippen molar-refractivity contribution in [2.45, 2.75) is 6.92 Å². The number of hydrogen-bond donors (Lipinski definition) is 1. The Morgan fingerprint density at radius 2 is 2.19 bits per heavy atom. The highest BCUT2D eigenvalue weighted by Crippen LogP contribution is 2.27. The zero-order valence-electron chi connectivity index (χ0n) is 9.07. The lowest BCUT2D eigenvalue weighted by molar-refractivity contribution is 0.414. The van der Waals surface area contributed by atoms with Gasteiger partial charge >= 0.3 is 0 Å². The van der Waals surface area contributed by atoms with E-state index in [-0.39, 0.29) is 0 Å². The Hall–Kier alpha value is -1.49. The van der Waals surface area contributed by atoms with Gasteiger partial charge in [-0.15, -0.1) is 0 Å². The number of anilines is 1. The third kappa shape index (κ3) is 1.90. The van der Waals surface area contributed by atoms with Gasteiger partial charge in [0.1, 0.15) is 5.75 Å². The van der Waals surface area contributed by atoms with Crippen molar-refractivity contribution in [3.63, 3.8) is 0 Å². The summed E-state index contributed by atoms with van der Waals surface area (Å²) in [5, 5.41) is 0. The van der Waals surface area contributed by atoms with Crippen LogP contribution in [0.5, 0.6) is 5.75 Å². The molecule has 0 spiro atoms. The summed E-state index contributed by atoms with van der Waals surface area (Å²) in [7, 11) is 1.63. The third-order valence-corrected chi connectivity index (χ3v) is 2.94. The maximum Gasteiger partial charge on any atom is 0.205 e. The van der Waals surface area contributed by atoms with Crippen LogP contribution in [0.25, 0.3) is 5.69 Å². The van der Waals surface area contributed by atoms with Crippen molar-refractivity contribution in [2.24, 2.45) is 0 Å². The molecule has 0 aliphatic carbocycles. The van der Waals surface area contributed by atoms with Crippen LogP contribution in [-0.4, -0.2) is 16.7 Å². The molecule has 1 aromatic carbocycles. The second kappa shape index (κ2) is 4.17. The smallest absolute Gasteiger partial charge is 0.205 e. The molecule has 2 aromatic rings. The highest BCUT2D eigenvalue weighted by atomic mass is 79.9. The Bertz CT molecular complexity index is 522. The van der Waals surface area contributed by atoms with Gasteiger partial charge in [-0.2, -0.15) is 0 Å². The molecule has 0 atom stereocenters. The minimum atomic E-state index is 0.464. The molecule has 5 heteroatoms. The fraction of sp³-hybridized carbons (Fsp3) is 0.182. The molecule has 0 saturated carbocycles. The van der Waals surface area contributed by atoms with Crippen LogP contribution in [0.15, 0.2) is 28.9 Å². The number of nitrogens with two attached hydrogens (primary N) is 1. The number of imidazole rings is 1. The number of aromatic nitrogens is 2. The van der Waals surface area contributed by atoms with E-state index in [0.717, 1.165) is 21.6 Å². The van der Waals surface area contributed by atoms with E-state index in [1.54, 1.807) is 7.11 Å². The second-order valence-electron chi connectivity index (χ2n) is 3.43. The first-order valence-corrected chi connectivity index (χ1v) is 5.56. The number of ether oxygens (including phenoxy) is 1. The van der Waals surface area contributed by atoms with Crippen molar-refractivity contribution in [1.82, 2.24) is 9.55 Å². The van der Waals surface area contributed by atoms with Gasteiger partial charge in [0.15, 0.2) is 0 Å². The average Bonchev–Trinajstić information content (AvgIpc) is 2.58.